The normalized spacial score (nSPS) is 10.8. The Morgan fingerprint density at radius 3 is 2.59 bits per heavy atom. The summed E-state index contributed by atoms with van der Waals surface area (Å²) in [7, 11) is 0. The van der Waals surface area contributed by atoms with Crippen molar-refractivity contribution in [3.05, 3.63) is 85.8 Å². The summed E-state index contributed by atoms with van der Waals surface area (Å²) >= 11 is 4.38. The van der Waals surface area contributed by atoms with Crippen LogP contribution in [0, 0.1) is 5.82 Å². The van der Waals surface area contributed by atoms with Gasteiger partial charge < -0.3 is 10.1 Å². The molecule has 0 aliphatic heterocycles. The van der Waals surface area contributed by atoms with Crippen molar-refractivity contribution in [2.75, 3.05) is 11.9 Å². The Morgan fingerprint density at radius 1 is 1.19 bits per heavy atom. The van der Waals surface area contributed by atoms with E-state index in [0.717, 1.165) is 20.5 Å². The highest BCUT2D eigenvalue weighted by molar-refractivity contribution is 9.10. The Kier molecular flexibility index (Phi) is 6.15. The number of fused-ring (bicyclic) bond motifs is 1. The van der Waals surface area contributed by atoms with Gasteiger partial charge >= 0.3 is 5.97 Å². The fourth-order valence-corrected chi connectivity index (χ4v) is 4.26. The van der Waals surface area contributed by atoms with E-state index in [0.29, 0.717) is 5.69 Å². The summed E-state index contributed by atoms with van der Waals surface area (Å²) in [6.45, 7) is 1.79. The average Bonchev–Trinajstić information content (AvgIpc) is 3.19. The molecule has 2 aromatic carbocycles. The van der Waals surface area contributed by atoms with Gasteiger partial charge in [-0.25, -0.2) is 9.18 Å². The van der Waals surface area contributed by atoms with E-state index in [9.17, 15) is 18.8 Å². The molecule has 1 N–H and O–H groups in total. The molecular formula is C22H15BrFN3O4S. The number of nitrogens with one attached hydrogen (secondary N) is 1. The highest BCUT2D eigenvalue weighted by Gasteiger charge is 2.23. The van der Waals surface area contributed by atoms with Crippen LogP contribution >= 0.6 is 27.3 Å². The Morgan fingerprint density at radius 2 is 1.91 bits per heavy atom. The molecule has 7 nitrogen and oxygen atoms in total. The molecule has 0 unspecified atom stereocenters. The number of esters is 1. The van der Waals surface area contributed by atoms with E-state index in [-0.39, 0.29) is 33.6 Å². The van der Waals surface area contributed by atoms with Gasteiger partial charge in [0.05, 0.1) is 23.2 Å². The van der Waals surface area contributed by atoms with Crippen LogP contribution in [0.15, 0.2) is 63.2 Å². The van der Waals surface area contributed by atoms with Crippen molar-refractivity contribution < 1.29 is 18.7 Å². The fourth-order valence-electron chi connectivity index (χ4n) is 3.07. The minimum absolute atomic E-state index is 0.0630. The maximum Gasteiger partial charge on any atom is 0.359 e. The molecule has 0 saturated carbocycles. The highest BCUT2D eigenvalue weighted by Crippen LogP contribution is 2.31. The number of carbonyl (C=O) groups excluding carboxylic acids is 2. The van der Waals surface area contributed by atoms with E-state index in [2.05, 4.69) is 26.3 Å². The first-order chi connectivity index (χ1) is 15.4. The minimum atomic E-state index is -0.712. The van der Waals surface area contributed by atoms with Gasteiger partial charge in [0.2, 0.25) is 0 Å². The van der Waals surface area contributed by atoms with Crippen molar-refractivity contribution in [1.82, 2.24) is 9.78 Å². The van der Waals surface area contributed by atoms with Crippen LogP contribution < -0.4 is 10.9 Å². The number of thiophene rings is 1. The number of halogens is 2. The molecule has 0 aliphatic carbocycles. The van der Waals surface area contributed by atoms with E-state index in [1.165, 1.54) is 24.3 Å². The number of amides is 1. The zero-order valence-electron chi connectivity index (χ0n) is 16.6. The summed E-state index contributed by atoms with van der Waals surface area (Å²) in [5.41, 5.74) is -0.349. The molecule has 162 valence electrons. The summed E-state index contributed by atoms with van der Waals surface area (Å²) in [5, 5.41) is 8.87. The molecule has 2 aromatic heterocycles. The number of hydrogen-bond donors (Lipinski definition) is 1. The molecule has 1 amide bonds. The summed E-state index contributed by atoms with van der Waals surface area (Å²) in [6, 6.07) is 12.3. The molecule has 4 aromatic rings. The zero-order chi connectivity index (χ0) is 22.8. The van der Waals surface area contributed by atoms with Crippen LogP contribution in [-0.2, 0) is 4.74 Å². The monoisotopic (exact) mass is 515 g/mol. The molecule has 0 fully saturated rings. The fraction of sp³-hybridized carbons (Fsp3) is 0.0909. The first kappa shape index (κ1) is 21.8. The molecule has 0 radical (unpaired) electrons. The number of benzene rings is 2. The lowest BCUT2D eigenvalue weighted by Gasteiger charge is -2.10. The van der Waals surface area contributed by atoms with Crippen LogP contribution in [0.5, 0.6) is 0 Å². The topological polar surface area (TPSA) is 90.3 Å². The molecule has 32 heavy (non-hydrogen) atoms. The molecule has 0 saturated heterocycles. The van der Waals surface area contributed by atoms with Crippen molar-refractivity contribution in [3.8, 4) is 5.69 Å². The third-order valence-corrected chi connectivity index (χ3v) is 5.96. The highest BCUT2D eigenvalue weighted by atomic mass is 79.9. The average molecular weight is 516 g/mol. The largest absolute Gasteiger partial charge is 0.461 e. The van der Waals surface area contributed by atoms with Gasteiger partial charge in [-0.1, -0.05) is 28.1 Å². The van der Waals surface area contributed by atoms with Gasteiger partial charge in [-0.2, -0.15) is 9.78 Å². The van der Waals surface area contributed by atoms with Gasteiger partial charge in [-0.05, 0) is 43.3 Å². The van der Waals surface area contributed by atoms with Gasteiger partial charge in [-0.3, -0.25) is 9.59 Å². The standard InChI is InChI=1S/C22H15BrFN3O4S/c1-2-31-22(30)18-15-11-32-20(25-19(28)14-5-3-4-6-16(14)24)17(15)21(29)27(26-18)13-9-7-12(23)8-10-13/h3-11H,2H2,1H3,(H,25,28). The van der Waals surface area contributed by atoms with Crippen molar-refractivity contribution >= 4 is 54.9 Å². The maximum atomic E-state index is 14.0. The predicted molar refractivity (Wildman–Crippen MR) is 123 cm³/mol. The maximum absolute atomic E-state index is 14.0. The number of nitrogens with zero attached hydrogens (tertiary/aromatic N) is 2. The summed E-state index contributed by atoms with van der Waals surface area (Å²) in [6.07, 6.45) is 0. The minimum Gasteiger partial charge on any atom is -0.461 e. The summed E-state index contributed by atoms with van der Waals surface area (Å²) < 4.78 is 21.0. The van der Waals surface area contributed by atoms with E-state index in [1.54, 1.807) is 36.6 Å². The first-order valence-electron chi connectivity index (χ1n) is 9.44. The number of hydrogen-bond acceptors (Lipinski definition) is 6. The summed E-state index contributed by atoms with van der Waals surface area (Å²) in [4.78, 5) is 38.5. The van der Waals surface area contributed by atoms with Crippen LogP contribution in [-0.4, -0.2) is 28.3 Å². The van der Waals surface area contributed by atoms with Crippen molar-refractivity contribution in [1.29, 1.82) is 0 Å². The Bertz CT molecular complexity index is 1400. The third kappa shape index (κ3) is 4.06. The Hall–Kier alpha value is -3.37. The zero-order valence-corrected chi connectivity index (χ0v) is 19.0. The summed E-state index contributed by atoms with van der Waals surface area (Å²) in [5.74, 6) is -2.10. The van der Waals surface area contributed by atoms with Crippen LogP contribution in [0.2, 0.25) is 0 Å². The quantitative estimate of drug-likeness (QED) is 0.386. The van der Waals surface area contributed by atoms with Gasteiger partial charge in [-0.15, -0.1) is 11.3 Å². The van der Waals surface area contributed by atoms with Gasteiger partial charge in [0.1, 0.15) is 10.8 Å². The number of anilines is 1. The van der Waals surface area contributed by atoms with E-state index in [4.69, 9.17) is 4.74 Å². The number of rotatable bonds is 5. The van der Waals surface area contributed by atoms with Crippen molar-refractivity contribution in [2.24, 2.45) is 0 Å². The molecule has 0 spiro atoms. The number of ether oxygens (including phenoxy) is 1. The lowest BCUT2D eigenvalue weighted by molar-refractivity contribution is 0.0520. The van der Waals surface area contributed by atoms with Gasteiger partial charge in [0, 0.05) is 15.2 Å². The lowest BCUT2D eigenvalue weighted by Crippen LogP contribution is -2.25. The van der Waals surface area contributed by atoms with Gasteiger partial charge in [0.15, 0.2) is 5.69 Å². The Balaban J connectivity index is 1.89. The van der Waals surface area contributed by atoms with Crippen LogP contribution in [0.4, 0.5) is 9.39 Å². The van der Waals surface area contributed by atoms with E-state index < -0.39 is 23.3 Å². The first-order valence-corrected chi connectivity index (χ1v) is 11.1. The number of carbonyl (C=O) groups is 2. The lowest BCUT2D eigenvalue weighted by atomic mass is 10.2. The molecule has 4 rings (SSSR count). The van der Waals surface area contributed by atoms with E-state index in [1.807, 2.05) is 0 Å². The number of aromatic nitrogens is 2. The third-order valence-electron chi connectivity index (χ3n) is 4.54. The second-order valence-electron chi connectivity index (χ2n) is 6.55. The van der Waals surface area contributed by atoms with Gasteiger partial charge in [0.25, 0.3) is 11.5 Å². The molecule has 2 heterocycles. The SMILES string of the molecule is CCOC(=O)c1nn(-c2ccc(Br)cc2)c(=O)c2c(NC(=O)c3ccccc3F)scc12. The molecular weight excluding hydrogens is 501 g/mol. The van der Waals surface area contributed by atoms with Crippen LogP contribution in [0.25, 0.3) is 16.5 Å². The predicted octanol–water partition coefficient (Wildman–Crippen LogP) is 4.78. The molecule has 0 aliphatic rings. The van der Waals surface area contributed by atoms with Crippen LogP contribution in [0.1, 0.15) is 27.8 Å². The molecule has 10 heteroatoms. The Labute approximate surface area is 193 Å². The molecule has 0 bridgehead atoms. The van der Waals surface area contributed by atoms with Crippen molar-refractivity contribution in [3.63, 3.8) is 0 Å². The second-order valence-corrected chi connectivity index (χ2v) is 8.35. The molecule has 0 atom stereocenters. The van der Waals surface area contributed by atoms with E-state index >= 15 is 0 Å². The van der Waals surface area contributed by atoms with Crippen LogP contribution in [0.3, 0.4) is 0 Å². The van der Waals surface area contributed by atoms with Crippen molar-refractivity contribution in [2.45, 2.75) is 6.92 Å². The second kappa shape index (κ2) is 9.01. The smallest absolute Gasteiger partial charge is 0.359 e.